The molecular weight excluding hydrogens is 412 g/mol. The van der Waals surface area contributed by atoms with E-state index in [9.17, 15) is 4.79 Å². The summed E-state index contributed by atoms with van der Waals surface area (Å²) in [5, 5.41) is 0. The van der Waals surface area contributed by atoms with E-state index >= 15 is 0 Å². The van der Waals surface area contributed by atoms with Crippen LogP contribution in [0.2, 0.25) is 0 Å². The number of piperidine rings is 1. The van der Waals surface area contributed by atoms with Gasteiger partial charge in [-0.2, -0.15) is 0 Å². The van der Waals surface area contributed by atoms with Gasteiger partial charge in [-0.25, -0.2) is 0 Å². The summed E-state index contributed by atoms with van der Waals surface area (Å²) >= 11 is 0. The lowest BCUT2D eigenvalue weighted by atomic mass is 10.00. The summed E-state index contributed by atoms with van der Waals surface area (Å²) in [6.45, 7) is 11.4. The maximum atomic E-state index is 13.5. The minimum Gasteiger partial charge on any atom is -0.375 e. The highest BCUT2D eigenvalue weighted by molar-refractivity contribution is 5.94. The number of hydrogen-bond acceptors (Lipinski definition) is 4. The fourth-order valence-corrected chi connectivity index (χ4v) is 4.69. The molecule has 0 saturated carbocycles. The number of morpholine rings is 1. The van der Waals surface area contributed by atoms with Gasteiger partial charge in [0.05, 0.1) is 13.2 Å². The number of nitrogens with zero attached hydrogens (tertiary/aromatic N) is 2. The third-order valence-corrected chi connectivity index (χ3v) is 6.80. The largest absolute Gasteiger partial charge is 0.375 e. The Bertz CT molecular complexity index is 925. The van der Waals surface area contributed by atoms with E-state index in [1.54, 1.807) is 0 Å². The number of hydrogen-bond donors (Lipinski definition) is 0. The van der Waals surface area contributed by atoms with E-state index in [-0.39, 0.29) is 18.4 Å². The van der Waals surface area contributed by atoms with Crippen LogP contribution in [0.1, 0.15) is 80.3 Å². The van der Waals surface area contributed by atoms with Crippen LogP contribution in [-0.4, -0.2) is 49.6 Å². The van der Waals surface area contributed by atoms with Gasteiger partial charge in [-0.15, -0.1) is 0 Å². The lowest BCUT2D eigenvalue weighted by Gasteiger charge is -2.43. The van der Waals surface area contributed by atoms with Gasteiger partial charge in [-0.3, -0.25) is 4.79 Å². The number of ether oxygens (including phenoxy) is 2. The molecule has 5 heteroatoms. The molecule has 0 spiro atoms. The van der Waals surface area contributed by atoms with Crippen molar-refractivity contribution in [2.24, 2.45) is 0 Å². The predicted molar refractivity (Wildman–Crippen MR) is 133 cm³/mol. The number of benzene rings is 2. The molecule has 0 bridgehead atoms. The predicted octanol–water partition coefficient (Wildman–Crippen LogP) is 5.77. The summed E-state index contributed by atoms with van der Waals surface area (Å²) in [4.78, 5) is 17.7. The Morgan fingerprint density at radius 3 is 2.42 bits per heavy atom. The van der Waals surface area contributed by atoms with Crippen LogP contribution in [-0.2, 0) is 9.47 Å². The second-order valence-electron chi connectivity index (χ2n) is 9.83. The van der Waals surface area contributed by atoms with E-state index in [1.807, 2.05) is 23.1 Å². The first kappa shape index (κ1) is 23.8. The second kappa shape index (κ2) is 10.7. The van der Waals surface area contributed by atoms with Gasteiger partial charge in [0.2, 0.25) is 0 Å². The van der Waals surface area contributed by atoms with Gasteiger partial charge in [-0.1, -0.05) is 52.0 Å². The van der Waals surface area contributed by atoms with E-state index < -0.39 is 0 Å². The summed E-state index contributed by atoms with van der Waals surface area (Å²) in [5.41, 5.74) is 4.41. The fourth-order valence-electron chi connectivity index (χ4n) is 4.69. The minimum atomic E-state index is -0.238. The number of carbonyl (C=O) groups excluding carboxylic acids is 1. The molecule has 1 amide bonds. The molecule has 2 atom stereocenters. The summed E-state index contributed by atoms with van der Waals surface area (Å²) in [5.74, 6) is 0.958. The number of anilines is 1. The minimum absolute atomic E-state index is 0.0618. The third kappa shape index (κ3) is 5.59. The van der Waals surface area contributed by atoms with Crippen molar-refractivity contribution in [3.05, 3.63) is 65.2 Å². The molecule has 2 aromatic rings. The monoisotopic (exact) mass is 450 g/mol. The Labute approximate surface area is 198 Å². The molecule has 4 rings (SSSR count). The molecule has 178 valence electrons. The highest BCUT2D eigenvalue weighted by atomic mass is 16.6. The van der Waals surface area contributed by atoms with Crippen LogP contribution in [0.3, 0.4) is 0 Å². The van der Waals surface area contributed by atoms with Gasteiger partial charge >= 0.3 is 0 Å². The molecule has 2 saturated heterocycles. The van der Waals surface area contributed by atoms with Crippen molar-refractivity contribution in [2.75, 3.05) is 31.2 Å². The summed E-state index contributed by atoms with van der Waals surface area (Å²) in [6, 6.07) is 16.8. The van der Waals surface area contributed by atoms with Crippen LogP contribution in [0.15, 0.2) is 48.5 Å². The standard InChI is InChI=1S/C28H38N2O3/c1-20(2)22-11-13-25(14-12-22)29-16-17-32-19-27(29)33-26-10-5-6-15-30(26)28(31)24-9-7-8-23(18-24)21(3)4/h7-9,11-14,18,20-21,26-27H,5-6,10,15-17,19H2,1-4H3. The van der Waals surface area contributed by atoms with Crippen molar-refractivity contribution >= 4 is 11.6 Å². The van der Waals surface area contributed by atoms with Gasteiger partial charge in [-0.05, 0) is 66.5 Å². The van der Waals surface area contributed by atoms with E-state index in [4.69, 9.17) is 9.47 Å². The van der Waals surface area contributed by atoms with Gasteiger partial charge in [0.15, 0.2) is 6.23 Å². The van der Waals surface area contributed by atoms with Crippen molar-refractivity contribution in [2.45, 2.75) is 71.2 Å². The molecule has 33 heavy (non-hydrogen) atoms. The van der Waals surface area contributed by atoms with E-state index in [0.717, 1.165) is 43.6 Å². The Hall–Kier alpha value is -2.37. The Morgan fingerprint density at radius 2 is 1.70 bits per heavy atom. The smallest absolute Gasteiger partial charge is 0.255 e. The average Bonchev–Trinajstić information content (AvgIpc) is 2.84. The lowest BCUT2D eigenvalue weighted by Crippen LogP contribution is -2.53. The quantitative estimate of drug-likeness (QED) is 0.561. The topological polar surface area (TPSA) is 42.0 Å². The molecule has 2 fully saturated rings. The Morgan fingerprint density at radius 1 is 0.939 bits per heavy atom. The average molecular weight is 451 g/mol. The molecule has 5 nitrogen and oxygen atoms in total. The normalized spacial score (nSPS) is 21.6. The van der Waals surface area contributed by atoms with Crippen molar-refractivity contribution in [3.8, 4) is 0 Å². The number of amides is 1. The molecule has 0 aromatic heterocycles. The summed E-state index contributed by atoms with van der Waals surface area (Å²) < 4.78 is 12.4. The molecule has 2 unspecified atom stereocenters. The zero-order valence-corrected chi connectivity index (χ0v) is 20.5. The van der Waals surface area contributed by atoms with E-state index in [0.29, 0.717) is 25.0 Å². The molecule has 0 radical (unpaired) electrons. The highest BCUT2D eigenvalue weighted by Crippen LogP contribution is 2.28. The second-order valence-corrected chi connectivity index (χ2v) is 9.83. The maximum absolute atomic E-state index is 13.5. The summed E-state index contributed by atoms with van der Waals surface area (Å²) in [7, 11) is 0. The zero-order chi connectivity index (χ0) is 23.4. The Kier molecular flexibility index (Phi) is 7.71. The number of likely N-dealkylation sites (tertiary alicyclic amines) is 1. The molecule has 0 N–H and O–H groups in total. The van der Waals surface area contributed by atoms with E-state index in [1.165, 1.54) is 11.1 Å². The van der Waals surface area contributed by atoms with Crippen LogP contribution in [0.25, 0.3) is 0 Å². The van der Waals surface area contributed by atoms with E-state index in [2.05, 4.69) is 62.9 Å². The fraction of sp³-hybridized carbons (Fsp3) is 0.536. The van der Waals surface area contributed by atoms with Crippen molar-refractivity contribution in [1.82, 2.24) is 4.90 Å². The van der Waals surface area contributed by atoms with Crippen LogP contribution >= 0.6 is 0 Å². The van der Waals surface area contributed by atoms with Gasteiger partial charge in [0.25, 0.3) is 5.91 Å². The molecule has 0 aliphatic carbocycles. The van der Waals surface area contributed by atoms with Crippen molar-refractivity contribution < 1.29 is 14.3 Å². The van der Waals surface area contributed by atoms with Gasteiger partial charge < -0.3 is 19.3 Å². The lowest BCUT2D eigenvalue weighted by molar-refractivity contribution is -0.131. The molecular formula is C28H38N2O3. The molecule has 2 aliphatic heterocycles. The molecule has 2 heterocycles. The van der Waals surface area contributed by atoms with Crippen LogP contribution in [0, 0.1) is 0 Å². The first-order valence-corrected chi connectivity index (χ1v) is 12.4. The first-order chi connectivity index (χ1) is 15.9. The number of carbonyl (C=O) groups is 1. The summed E-state index contributed by atoms with van der Waals surface area (Å²) in [6.07, 6.45) is 2.49. The number of rotatable bonds is 6. The van der Waals surface area contributed by atoms with Crippen LogP contribution in [0.4, 0.5) is 5.69 Å². The van der Waals surface area contributed by atoms with Crippen molar-refractivity contribution in [3.63, 3.8) is 0 Å². The van der Waals surface area contributed by atoms with Gasteiger partial charge in [0, 0.05) is 24.3 Å². The SMILES string of the molecule is CC(C)c1ccc(N2CCOCC2OC2CCCCN2C(=O)c2cccc(C(C)C)c2)cc1. The zero-order valence-electron chi connectivity index (χ0n) is 20.5. The maximum Gasteiger partial charge on any atom is 0.255 e. The third-order valence-electron chi connectivity index (χ3n) is 6.80. The molecule has 2 aliphatic rings. The van der Waals surface area contributed by atoms with Gasteiger partial charge in [0.1, 0.15) is 6.23 Å². The molecule has 2 aromatic carbocycles. The Balaban J connectivity index is 1.51. The van der Waals surface area contributed by atoms with Crippen molar-refractivity contribution in [1.29, 1.82) is 0 Å². The van der Waals surface area contributed by atoms with Crippen LogP contribution in [0.5, 0.6) is 0 Å². The highest BCUT2D eigenvalue weighted by Gasteiger charge is 2.33. The first-order valence-electron chi connectivity index (χ1n) is 12.4. The van der Waals surface area contributed by atoms with Crippen LogP contribution < -0.4 is 4.90 Å².